The molecule has 1 aliphatic heterocycles. The van der Waals surface area contributed by atoms with Gasteiger partial charge in [-0.1, -0.05) is 45.4 Å². The summed E-state index contributed by atoms with van der Waals surface area (Å²) in [6.45, 7) is 6.28. The summed E-state index contributed by atoms with van der Waals surface area (Å²) in [4.78, 5) is 2.91. The molecule has 0 amide bonds. The SMILES string of the molecule is CCCN1CC2(CCCCC2)NCC12CCCCC2. The van der Waals surface area contributed by atoms with E-state index in [4.69, 9.17) is 0 Å². The second-order valence-corrected chi connectivity index (χ2v) is 7.40. The Hall–Kier alpha value is -0.0800. The van der Waals surface area contributed by atoms with Crippen LogP contribution in [0.25, 0.3) is 0 Å². The van der Waals surface area contributed by atoms with Crippen molar-refractivity contribution in [2.45, 2.75) is 88.6 Å². The highest BCUT2D eigenvalue weighted by atomic mass is 15.3. The highest BCUT2D eigenvalue weighted by Crippen LogP contribution is 2.40. The molecule has 3 fully saturated rings. The molecular formula is C17H32N2. The Morgan fingerprint density at radius 1 is 0.895 bits per heavy atom. The zero-order chi connectivity index (χ0) is 13.2. The van der Waals surface area contributed by atoms with Crippen molar-refractivity contribution < 1.29 is 0 Å². The summed E-state index contributed by atoms with van der Waals surface area (Å²) in [5.74, 6) is 0. The fraction of sp³-hybridized carbons (Fsp3) is 1.00. The molecular weight excluding hydrogens is 232 g/mol. The highest BCUT2D eigenvalue weighted by molar-refractivity contribution is 5.07. The first-order valence-electron chi connectivity index (χ1n) is 8.79. The smallest absolute Gasteiger partial charge is 0.0334 e. The van der Waals surface area contributed by atoms with Gasteiger partial charge in [-0.2, -0.15) is 0 Å². The molecule has 0 aromatic rings. The molecule has 3 aliphatic rings. The first-order valence-corrected chi connectivity index (χ1v) is 8.79. The molecule has 1 N–H and O–H groups in total. The Balaban J connectivity index is 1.74. The summed E-state index contributed by atoms with van der Waals surface area (Å²) in [6, 6.07) is 0. The van der Waals surface area contributed by atoms with Crippen LogP contribution in [0, 0.1) is 0 Å². The van der Waals surface area contributed by atoms with Crippen LogP contribution in [0.4, 0.5) is 0 Å². The van der Waals surface area contributed by atoms with Crippen LogP contribution >= 0.6 is 0 Å². The Morgan fingerprint density at radius 2 is 1.53 bits per heavy atom. The third kappa shape index (κ3) is 2.71. The van der Waals surface area contributed by atoms with E-state index in [1.165, 1.54) is 90.3 Å². The fourth-order valence-electron chi connectivity index (χ4n) is 4.91. The summed E-state index contributed by atoms with van der Waals surface area (Å²) in [6.07, 6.45) is 15.8. The second kappa shape index (κ2) is 5.73. The Labute approximate surface area is 119 Å². The number of nitrogens with zero attached hydrogens (tertiary/aromatic N) is 1. The molecule has 2 spiro atoms. The van der Waals surface area contributed by atoms with Crippen molar-refractivity contribution in [3.63, 3.8) is 0 Å². The molecule has 0 unspecified atom stereocenters. The number of hydrogen-bond acceptors (Lipinski definition) is 2. The quantitative estimate of drug-likeness (QED) is 0.818. The number of nitrogens with one attached hydrogen (secondary N) is 1. The summed E-state index contributed by atoms with van der Waals surface area (Å²) in [5, 5.41) is 4.04. The monoisotopic (exact) mass is 264 g/mol. The van der Waals surface area contributed by atoms with Gasteiger partial charge in [0, 0.05) is 24.2 Å². The molecule has 1 saturated heterocycles. The van der Waals surface area contributed by atoms with E-state index < -0.39 is 0 Å². The van der Waals surface area contributed by atoms with Crippen LogP contribution in [-0.4, -0.2) is 35.6 Å². The first-order chi connectivity index (χ1) is 9.29. The lowest BCUT2D eigenvalue weighted by molar-refractivity contribution is -0.0295. The van der Waals surface area contributed by atoms with Crippen LogP contribution in [0.5, 0.6) is 0 Å². The van der Waals surface area contributed by atoms with Gasteiger partial charge >= 0.3 is 0 Å². The van der Waals surface area contributed by atoms with Gasteiger partial charge in [-0.3, -0.25) is 4.90 Å². The summed E-state index contributed by atoms with van der Waals surface area (Å²) >= 11 is 0. The fourth-order valence-corrected chi connectivity index (χ4v) is 4.91. The van der Waals surface area contributed by atoms with Crippen molar-refractivity contribution in [3.8, 4) is 0 Å². The van der Waals surface area contributed by atoms with Gasteiger partial charge in [0.15, 0.2) is 0 Å². The summed E-state index contributed by atoms with van der Waals surface area (Å²) in [7, 11) is 0. The lowest BCUT2D eigenvalue weighted by Gasteiger charge is -2.57. The van der Waals surface area contributed by atoms with Crippen molar-refractivity contribution >= 4 is 0 Å². The van der Waals surface area contributed by atoms with Gasteiger partial charge in [0.05, 0.1) is 0 Å². The summed E-state index contributed by atoms with van der Waals surface area (Å²) in [5.41, 5.74) is 1.01. The van der Waals surface area contributed by atoms with Gasteiger partial charge in [0.2, 0.25) is 0 Å². The van der Waals surface area contributed by atoms with Gasteiger partial charge in [0.1, 0.15) is 0 Å². The van der Waals surface area contributed by atoms with Gasteiger partial charge in [-0.05, 0) is 38.6 Å². The minimum Gasteiger partial charge on any atom is -0.308 e. The van der Waals surface area contributed by atoms with Gasteiger partial charge in [-0.15, -0.1) is 0 Å². The predicted molar refractivity (Wildman–Crippen MR) is 81.5 cm³/mol. The molecule has 0 radical (unpaired) electrons. The van der Waals surface area contributed by atoms with Crippen LogP contribution in [-0.2, 0) is 0 Å². The van der Waals surface area contributed by atoms with Crippen LogP contribution in [0.3, 0.4) is 0 Å². The van der Waals surface area contributed by atoms with E-state index in [1.54, 1.807) is 0 Å². The number of rotatable bonds is 2. The Kier molecular flexibility index (Phi) is 4.19. The Bertz CT molecular complexity index is 288. The minimum atomic E-state index is 0.482. The zero-order valence-corrected chi connectivity index (χ0v) is 12.8. The van der Waals surface area contributed by atoms with Crippen molar-refractivity contribution in [1.82, 2.24) is 10.2 Å². The van der Waals surface area contributed by atoms with E-state index in [2.05, 4.69) is 17.1 Å². The predicted octanol–water partition coefficient (Wildman–Crippen LogP) is 3.71. The average Bonchev–Trinajstić information content (AvgIpc) is 2.46. The largest absolute Gasteiger partial charge is 0.308 e. The normalized spacial score (nSPS) is 30.8. The maximum absolute atomic E-state index is 4.04. The Morgan fingerprint density at radius 3 is 2.16 bits per heavy atom. The van der Waals surface area contributed by atoms with E-state index in [9.17, 15) is 0 Å². The molecule has 3 rings (SSSR count). The van der Waals surface area contributed by atoms with E-state index in [0.717, 1.165) is 0 Å². The molecule has 0 aromatic heterocycles. The molecule has 1 heterocycles. The standard InChI is InChI=1S/C17H32N2/c1-2-13-19-15-16(9-5-3-6-10-16)18-14-17(19)11-7-4-8-12-17/h18H,2-15H2,1H3. The molecule has 110 valence electrons. The molecule has 0 atom stereocenters. The molecule has 2 heteroatoms. The highest BCUT2D eigenvalue weighted by Gasteiger charge is 2.47. The van der Waals surface area contributed by atoms with Gasteiger partial charge in [0.25, 0.3) is 0 Å². The number of hydrogen-bond donors (Lipinski definition) is 1. The molecule has 2 saturated carbocycles. The van der Waals surface area contributed by atoms with Crippen LogP contribution in [0.2, 0.25) is 0 Å². The third-order valence-corrected chi connectivity index (χ3v) is 6.05. The van der Waals surface area contributed by atoms with E-state index in [1.807, 2.05) is 0 Å². The van der Waals surface area contributed by atoms with Crippen molar-refractivity contribution in [3.05, 3.63) is 0 Å². The van der Waals surface area contributed by atoms with E-state index in [-0.39, 0.29) is 0 Å². The van der Waals surface area contributed by atoms with E-state index >= 15 is 0 Å². The second-order valence-electron chi connectivity index (χ2n) is 7.40. The average molecular weight is 264 g/mol. The molecule has 0 aromatic carbocycles. The maximum atomic E-state index is 4.04. The lowest BCUT2D eigenvalue weighted by atomic mass is 9.72. The van der Waals surface area contributed by atoms with Gasteiger partial charge < -0.3 is 5.32 Å². The van der Waals surface area contributed by atoms with Crippen molar-refractivity contribution in [2.75, 3.05) is 19.6 Å². The van der Waals surface area contributed by atoms with Crippen LogP contribution in [0.1, 0.15) is 77.6 Å². The molecule has 2 nitrogen and oxygen atoms in total. The molecule has 19 heavy (non-hydrogen) atoms. The summed E-state index contributed by atoms with van der Waals surface area (Å²) < 4.78 is 0. The van der Waals surface area contributed by atoms with Crippen molar-refractivity contribution in [1.29, 1.82) is 0 Å². The van der Waals surface area contributed by atoms with E-state index in [0.29, 0.717) is 11.1 Å². The zero-order valence-electron chi connectivity index (χ0n) is 12.8. The molecule has 0 bridgehead atoms. The van der Waals surface area contributed by atoms with Gasteiger partial charge in [-0.25, -0.2) is 0 Å². The van der Waals surface area contributed by atoms with Crippen molar-refractivity contribution in [2.24, 2.45) is 0 Å². The number of piperazine rings is 1. The van der Waals surface area contributed by atoms with Crippen LogP contribution in [0.15, 0.2) is 0 Å². The first kappa shape index (κ1) is 13.9. The third-order valence-electron chi connectivity index (χ3n) is 6.05. The minimum absolute atomic E-state index is 0.482. The lowest BCUT2D eigenvalue weighted by Crippen LogP contribution is -2.70. The maximum Gasteiger partial charge on any atom is 0.0334 e. The van der Waals surface area contributed by atoms with Crippen LogP contribution < -0.4 is 5.32 Å². The molecule has 2 aliphatic carbocycles. The topological polar surface area (TPSA) is 15.3 Å².